The van der Waals surface area contributed by atoms with Crippen LogP contribution >= 0.6 is 0 Å². The zero-order valence-electron chi connectivity index (χ0n) is 18.0. The van der Waals surface area contributed by atoms with Gasteiger partial charge in [0.2, 0.25) is 5.91 Å². The Morgan fingerprint density at radius 3 is 2.45 bits per heavy atom. The van der Waals surface area contributed by atoms with Gasteiger partial charge >= 0.3 is 0 Å². The average molecular weight is 401 g/mol. The van der Waals surface area contributed by atoms with Crippen LogP contribution in [0.2, 0.25) is 0 Å². The van der Waals surface area contributed by atoms with Gasteiger partial charge in [0.15, 0.2) is 11.5 Å². The van der Waals surface area contributed by atoms with E-state index in [1.165, 1.54) is 12.5 Å². The second-order valence-corrected chi connectivity index (χ2v) is 7.26. The highest BCUT2D eigenvalue weighted by Gasteiger charge is 2.14. The number of hydrogen-bond acceptors (Lipinski definition) is 5. The summed E-state index contributed by atoms with van der Waals surface area (Å²) in [7, 11) is 1.60. The molecule has 158 valence electrons. The molecule has 3 N–H and O–H groups in total. The van der Waals surface area contributed by atoms with E-state index in [4.69, 9.17) is 9.47 Å². The number of carbonyl (C=O) groups excluding carboxylic acids is 1. The quantitative estimate of drug-likeness (QED) is 0.535. The molecule has 2 aromatic carbocycles. The molecule has 1 atom stereocenters. The maximum absolute atomic E-state index is 10.9. The lowest BCUT2D eigenvalue weighted by Gasteiger charge is -2.18. The number of hydrogen-bond donors (Lipinski definition) is 3. The molecule has 0 heterocycles. The fourth-order valence-electron chi connectivity index (χ4n) is 3.10. The number of aryl methyl sites for hydroxylation is 3. The van der Waals surface area contributed by atoms with Gasteiger partial charge in [-0.25, -0.2) is 0 Å². The third kappa shape index (κ3) is 6.76. The van der Waals surface area contributed by atoms with E-state index >= 15 is 0 Å². The zero-order chi connectivity index (χ0) is 21.4. The molecule has 29 heavy (non-hydrogen) atoms. The number of ether oxygens (including phenoxy) is 2. The van der Waals surface area contributed by atoms with E-state index in [0.29, 0.717) is 31.1 Å². The highest BCUT2D eigenvalue weighted by atomic mass is 16.5. The maximum Gasteiger partial charge on any atom is 0.216 e. The van der Waals surface area contributed by atoms with Crippen molar-refractivity contribution in [1.82, 2.24) is 10.6 Å². The van der Waals surface area contributed by atoms with E-state index < -0.39 is 6.10 Å². The van der Waals surface area contributed by atoms with E-state index in [1.54, 1.807) is 7.11 Å². The van der Waals surface area contributed by atoms with E-state index in [1.807, 2.05) is 38.1 Å². The van der Waals surface area contributed by atoms with Crippen LogP contribution in [-0.4, -0.2) is 37.8 Å². The van der Waals surface area contributed by atoms with Gasteiger partial charge in [0.05, 0.1) is 7.11 Å². The normalized spacial score (nSPS) is 11.8. The predicted octanol–water partition coefficient (Wildman–Crippen LogP) is 2.96. The summed E-state index contributed by atoms with van der Waals surface area (Å²) in [6.45, 7) is 9.68. The largest absolute Gasteiger partial charge is 0.493 e. The molecule has 0 saturated carbocycles. The summed E-state index contributed by atoms with van der Waals surface area (Å²) in [5, 5.41) is 16.6. The lowest BCUT2D eigenvalue weighted by atomic mass is 9.97. The van der Waals surface area contributed by atoms with Gasteiger partial charge in [-0.2, -0.15) is 0 Å². The number of nitrogens with one attached hydrogen (secondary N) is 2. The molecule has 0 saturated heterocycles. The van der Waals surface area contributed by atoms with E-state index in [0.717, 1.165) is 22.3 Å². The van der Waals surface area contributed by atoms with Crippen LogP contribution in [0.1, 0.15) is 40.8 Å². The van der Waals surface area contributed by atoms with Crippen LogP contribution in [0.25, 0.3) is 0 Å². The fraction of sp³-hybridized carbons (Fsp3) is 0.435. The van der Waals surface area contributed by atoms with Gasteiger partial charge < -0.3 is 25.2 Å². The lowest BCUT2D eigenvalue weighted by molar-refractivity contribution is -0.118. The topological polar surface area (TPSA) is 79.8 Å². The molecule has 0 bridgehead atoms. The Morgan fingerprint density at radius 1 is 1.03 bits per heavy atom. The minimum absolute atomic E-state index is 0.0341. The third-order valence-corrected chi connectivity index (χ3v) is 4.87. The van der Waals surface area contributed by atoms with Gasteiger partial charge in [0, 0.05) is 26.6 Å². The van der Waals surface area contributed by atoms with Gasteiger partial charge in [0.25, 0.3) is 0 Å². The molecule has 2 rings (SSSR count). The molecular weight excluding hydrogens is 368 g/mol. The summed E-state index contributed by atoms with van der Waals surface area (Å²) >= 11 is 0. The van der Waals surface area contributed by atoms with Crippen molar-refractivity contribution in [2.75, 3.05) is 26.8 Å². The highest BCUT2D eigenvalue weighted by Crippen LogP contribution is 2.30. The monoisotopic (exact) mass is 400 g/mol. The molecule has 2 aromatic rings. The minimum Gasteiger partial charge on any atom is -0.493 e. The number of rotatable bonds is 10. The van der Waals surface area contributed by atoms with Crippen molar-refractivity contribution in [2.24, 2.45) is 0 Å². The molecule has 0 radical (unpaired) electrons. The van der Waals surface area contributed by atoms with Crippen molar-refractivity contribution < 1.29 is 19.4 Å². The summed E-state index contributed by atoms with van der Waals surface area (Å²) in [5.74, 6) is 1.18. The number of benzene rings is 2. The first-order valence-corrected chi connectivity index (χ1v) is 9.82. The van der Waals surface area contributed by atoms with Gasteiger partial charge in [-0.15, -0.1) is 0 Å². The lowest BCUT2D eigenvalue weighted by Crippen LogP contribution is -2.29. The first-order valence-electron chi connectivity index (χ1n) is 9.82. The Morgan fingerprint density at radius 2 is 1.76 bits per heavy atom. The van der Waals surface area contributed by atoms with Crippen LogP contribution in [0, 0.1) is 20.8 Å². The molecule has 1 amide bonds. The number of aliphatic hydroxyl groups excluding tert-OH is 1. The summed E-state index contributed by atoms with van der Waals surface area (Å²) in [4.78, 5) is 10.9. The molecule has 0 fully saturated rings. The van der Waals surface area contributed by atoms with Gasteiger partial charge in [0.1, 0.15) is 12.7 Å². The number of carbonyl (C=O) groups is 1. The Kier molecular flexibility index (Phi) is 8.49. The number of aliphatic hydroxyl groups is 1. The summed E-state index contributed by atoms with van der Waals surface area (Å²) in [6, 6.07) is 9.82. The van der Waals surface area contributed by atoms with E-state index in [2.05, 4.69) is 23.6 Å². The van der Waals surface area contributed by atoms with Crippen molar-refractivity contribution >= 4 is 5.91 Å². The molecule has 0 unspecified atom stereocenters. The molecule has 6 nitrogen and oxygen atoms in total. The van der Waals surface area contributed by atoms with Crippen molar-refractivity contribution in [3.8, 4) is 11.5 Å². The SMILES string of the molecule is COc1cc(CNCCNC(C)=O)ccc1OC[C@@H](O)c1cc(C)c(C)cc1C. The van der Waals surface area contributed by atoms with Crippen LogP contribution < -0.4 is 20.1 Å². The third-order valence-electron chi connectivity index (χ3n) is 4.87. The molecule has 0 aliphatic rings. The summed E-state index contributed by atoms with van der Waals surface area (Å²) < 4.78 is 11.3. The Balaban J connectivity index is 1.95. The van der Waals surface area contributed by atoms with Gasteiger partial charge in [-0.05, 0) is 60.7 Å². The molecule has 0 spiro atoms. The number of amides is 1. The molecule has 0 aliphatic heterocycles. The first kappa shape index (κ1) is 22.7. The maximum atomic E-state index is 10.9. The summed E-state index contributed by atoms with van der Waals surface area (Å²) in [5.41, 5.74) is 5.34. The van der Waals surface area contributed by atoms with Crippen molar-refractivity contribution in [1.29, 1.82) is 0 Å². The first-order chi connectivity index (χ1) is 13.8. The Hall–Kier alpha value is -2.57. The smallest absolute Gasteiger partial charge is 0.216 e. The van der Waals surface area contributed by atoms with Crippen molar-refractivity contribution in [2.45, 2.75) is 40.3 Å². The van der Waals surface area contributed by atoms with Crippen LogP contribution in [0.4, 0.5) is 0 Å². The molecular formula is C23H32N2O4. The zero-order valence-corrected chi connectivity index (χ0v) is 18.0. The molecule has 0 aliphatic carbocycles. The van der Waals surface area contributed by atoms with E-state index in [-0.39, 0.29) is 12.5 Å². The molecule has 6 heteroatoms. The van der Waals surface area contributed by atoms with Crippen LogP contribution in [-0.2, 0) is 11.3 Å². The minimum atomic E-state index is -0.714. The fourth-order valence-corrected chi connectivity index (χ4v) is 3.10. The average Bonchev–Trinajstić information content (AvgIpc) is 2.68. The predicted molar refractivity (Wildman–Crippen MR) is 114 cm³/mol. The standard InChI is InChI=1S/C23H32N2O4/c1-15-10-17(3)20(11-16(15)2)21(27)14-29-22-7-6-19(12-23(22)28-5)13-24-8-9-25-18(4)26/h6-7,10-12,21,24,27H,8-9,13-14H2,1-5H3,(H,25,26)/t21-/m1/s1. The second kappa shape index (κ2) is 10.8. The van der Waals surface area contributed by atoms with Crippen molar-refractivity contribution in [3.63, 3.8) is 0 Å². The van der Waals surface area contributed by atoms with Crippen molar-refractivity contribution in [3.05, 3.63) is 58.1 Å². The number of methoxy groups -OCH3 is 1. The molecule has 0 aromatic heterocycles. The van der Waals surface area contributed by atoms with Gasteiger partial charge in [-0.3, -0.25) is 4.79 Å². The Labute approximate surface area is 173 Å². The van der Waals surface area contributed by atoms with Gasteiger partial charge in [-0.1, -0.05) is 18.2 Å². The second-order valence-electron chi connectivity index (χ2n) is 7.26. The summed E-state index contributed by atoms with van der Waals surface area (Å²) in [6.07, 6.45) is -0.714. The van der Waals surface area contributed by atoms with Crippen LogP contribution in [0.15, 0.2) is 30.3 Å². The van der Waals surface area contributed by atoms with Crippen LogP contribution in [0.3, 0.4) is 0 Å². The highest BCUT2D eigenvalue weighted by molar-refractivity contribution is 5.72. The van der Waals surface area contributed by atoms with E-state index in [9.17, 15) is 9.90 Å². The Bertz CT molecular complexity index is 836. The van der Waals surface area contributed by atoms with Crippen LogP contribution in [0.5, 0.6) is 11.5 Å².